The van der Waals surface area contributed by atoms with Crippen LogP contribution in [0.3, 0.4) is 0 Å². The Morgan fingerprint density at radius 2 is 2.00 bits per heavy atom. The molecule has 16 heavy (non-hydrogen) atoms. The molecule has 5 heteroatoms. The third kappa shape index (κ3) is 7.23. The average molecular weight is 231 g/mol. The van der Waals surface area contributed by atoms with Crippen molar-refractivity contribution in [1.82, 2.24) is 4.90 Å². The van der Waals surface area contributed by atoms with Gasteiger partial charge in [-0.15, -0.1) is 0 Å². The molecule has 0 fully saturated rings. The number of carbonyl (C=O) groups is 2. The number of aliphatic hydroxyl groups excluding tert-OH is 1. The van der Waals surface area contributed by atoms with E-state index in [2.05, 4.69) is 0 Å². The van der Waals surface area contributed by atoms with Crippen LogP contribution in [0, 0.1) is 0 Å². The lowest BCUT2D eigenvalue weighted by Crippen LogP contribution is -2.29. The summed E-state index contributed by atoms with van der Waals surface area (Å²) in [5, 5.41) is 9.06. The van der Waals surface area contributed by atoms with Crippen LogP contribution < -0.4 is 0 Å². The van der Waals surface area contributed by atoms with E-state index in [1.165, 1.54) is 4.90 Å². The maximum Gasteiger partial charge on any atom is 0.306 e. The van der Waals surface area contributed by atoms with E-state index in [0.717, 1.165) is 0 Å². The fourth-order valence-electron chi connectivity index (χ4n) is 1.14. The molecule has 0 bridgehead atoms. The van der Waals surface area contributed by atoms with Crippen molar-refractivity contribution in [2.24, 2.45) is 0 Å². The standard InChI is InChI=1S/C11H21NO4/c1-4-16-11(15)6-5-10(14)12(3)8-7-9(2)13/h9,13H,4-8H2,1-3H3. The first kappa shape index (κ1) is 14.9. The van der Waals surface area contributed by atoms with E-state index in [0.29, 0.717) is 19.6 Å². The van der Waals surface area contributed by atoms with Gasteiger partial charge in [-0.05, 0) is 20.3 Å². The molecule has 1 unspecified atom stereocenters. The van der Waals surface area contributed by atoms with Crippen LogP contribution in [0.5, 0.6) is 0 Å². The minimum atomic E-state index is -0.416. The minimum absolute atomic E-state index is 0.103. The molecule has 0 rings (SSSR count). The minimum Gasteiger partial charge on any atom is -0.466 e. The van der Waals surface area contributed by atoms with Gasteiger partial charge in [0.25, 0.3) is 0 Å². The molecule has 0 aliphatic rings. The van der Waals surface area contributed by atoms with E-state index in [1.807, 2.05) is 0 Å². The molecule has 94 valence electrons. The summed E-state index contributed by atoms with van der Waals surface area (Å²) in [5.41, 5.74) is 0. The summed E-state index contributed by atoms with van der Waals surface area (Å²) < 4.78 is 4.72. The molecule has 0 heterocycles. The Bertz CT molecular complexity index is 228. The third-order valence-electron chi connectivity index (χ3n) is 2.16. The Kier molecular flexibility index (Phi) is 7.54. The number of aliphatic hydroxyl groups is 1. The van der Waals surface area contributed by atoms with E-state index in [9.17, 15) is 9.59 Å². The average Bonchev–Trinajstić information content (AvgIpc) is 2.22. The topological polar surface area (TPSA) is 66.8 Å². The number of hydrogen-bond donors (Lipinski definition) is 1. The summed E-state index contributed by atoms with van der Waals surface area (Å²) in [5.74, 6) is -0.450. The summed E-state index contributed by atoms with van der Waals surface area (Å²) in [4.78, 5) is 24.0. The van der Waals surface area contributed by atoms with Crippen LogP contribution in [-0.4, -0.2) is 48.2 Å². The summed E-state index contributed by atoms with van der Waals surface area (Å²) >= 11 is 0. The van der Waals surface area contributed by atoms with Crippen molar-refractivity contribution in [1.29, 1.82) is 0 Å². The maximum absolute atomic E-state index is 11.5. The predicted molar refractivity (Wildman–Crippen MR) is 59.8 cm³/mol. The molecule has 0 aliphatic carbocycles. The van der Waals surface area contributed by atoms with Gasteiger partial charge in [-0.25, -0.2) is 0 Å². The molecule has 0 spiro atoms. The van der Waals surface area contributed by atoms with Crippen LogP contribution in [-0.2, 0) is 14.3 Å². The number of hydrogen-bond acceptors (Lipinski definition) is 4. The molecule has 5 nitrogen and oxygen atoms in total. The molecule has 1 amide bonds. The first-order valence-electron chi connectivity index (χ1n) is 5.55. The van der Waals surface area contributed by atoms with Crippen molar-refractivity contribution < 1.29 is 19.4 Å². The molecule has 1 atom stereocenters. The number of rotatable bonds is 7. The highest BCUT2D eigenvalue weighted by atomic mass is 16.5. The van der Waals surface area contributed by atoms with Crippen molar-refractivity contribution in [2.75, 3.05) is 20.2 Å². The fraction of sp³-hybridized carbons (Fsp3) is 0.818. The van der Waals surface area contributed by atoms with Gasteiger partial charge >= 0.3 is 5.97 Å². The van der Waals surface area contributed by atoms with Gasteiger partial charge < -0.3 is 14.7 Å². The maximum atomic E-state index is 11.5. The zero-order valence-electron chi connectivity index (χ0n) is 10.2. The second-order valence-electron chi connectivity index (χ2n) is 3.76. The highest BCUT2D eigenvalue weighted by Gasteiger charge is 2.12. The molecule has 0 aliphatic heterocycles. The van der Waals surface area contributed by atoms with Gasteiger partial charge in [0.05, 0.1) is 19.1 Å². The summed E-state index contributed by atoms with van der Waals surface area (Å²) in [6.07, 6.45) is 0.406. The largest absolute Gasteiger partial charge is 0.466 e. The Labute approximate surface area is 96.4 Å². The number of carbonyl (C=O) groups excluding carboxylic acids is 2. The lowest BCUT2D eigenvalue weighted by atomic mass is 10.2. The lowest BCUT2D eigenvalue weighted by Gasteiger charge is -2.17. The summed E-state index contributed by atoms with van der Waals surface area (Å²) in [7, 11) is 1.66. The van der Waals surface area contributed by atoms with Gasteiger partial charge in [0.2, 0.25) is 5.91 Å². The second kappa shape index (κ2) is 8.10. The first-order valence-corrected chi connectivity index (χ1v) is 5.55. The van der Waals surface area contributed by atoms with Crippen LogP contribution in [0.15, 0.2) is 0 Å². The second-order valence-corrected chi connectivity index (χ2v) is 3.76. The Morgan fingerprint density at radius 3 is 2.50 bits per heavy atom. The van der Waals surface area contributed by atoms with Gasteiger partial charge in [0.1, 0.15) is 0 Å². The van der Waals surface area contributed by atoms with Gasteiger partial charge in [-0.1, -0.05) is 0 Å². The number of ether oxygens (including phenoxy) is 1. The van der Waals surface area contributed by atoms with Gasteiger partial charge in [0.15, 0.2) is 0 Å². The fourth-order valence-corrected chi connectivity index (χ4v) is 1.14. The Morgan fingerprint density at radius 1 is 1.38 bits per heavy atom. The highest BCUT2D eigenvalue weighted by molar-refractivity contribution is 5.81. The van der Waals surface area contributed by atoms with Crippen molar-refractivity contribution in [3.63, 3.8) is 0 Å². The van der Waals surface area contributed by atoms with Crippen molar-refractivity contribution in [3.05, 3.63) is 0 Å². The van der Waals surface area contributed by atoms with Crippen molar-refractivity contribution in [2.45, 2.75) is 39.2 Å². The zero-order chi connectivity index (χ0) is 12.6. The van der Waals surface area contributed by atoms with Gasteiger partial charge in [-0.3, -0.25) is 9.59 Å². The normalized spacial score (nSPS) is 12.0. The number of amides is 1. The van der Waals surface area contributed by atoms with E-state index in [4.69, 9.17) is 9.84 Å². The summed E-state index contributed by atoms with van der Waals surface area (Å²) in [6, 6.07) is 0. The van der Waals surface area contributed by atoms with Crippen LogP contribution in [0.4, 0.5) is 0 Å². The van der Waals surface area contributed by atoms with E-state index >= 15 is 0 Å². The smallest absolute Gasteiger partial charge is 0.306 e. The SMILES string of the molecule is CCOC(=O)CCC(=O)N(C)CCC(C)O. The van der Waals surface area contributed by atoms with Crippen molar-refractivity contribution >= 4 is 11.9 Å². The van der Waals surface area contributed by atoms with E-state index in [1.54, 1.807) is 20.9 Å². The molecule has 0 aromatic rings. The highest BCUT2D eigenvalue weighted by Crippen LogP contribution is 2.00. The zero-order valence-corrected chi connectivity index (χ0v) is 10.2. The first-order chi connectivity index (χ1) is 7.47. The Balaban J connectivity index is 3.74. The van der Waals surface area contributed by atoms with Crippen LogP contribution >= 0.6 is 0 Å². The molecular formula is C11H21NO4. The van der Waals surface area contributed by atoms with E-state index in [-0.39, 0.29) is 24.7 Å². The van der Waals surface area contributed by atoms with Gasteiger partial charge in [-0.2, -0.15) is 0 Å². The molecule has 1 N–H and O–H groups in total. The summed E-state index contributed by atoms with van der Waals surface area (Å²) in [6.45, 7) is 4.25. The molecule has 0 saturated carbocycles. The molecular weight excluding hydrogens is 210 g/mol. The Hall–Kier alpha value is -1.10. The van der Waals surface area contributed by atoms with Crippen molar-refractivity contribution in [3.8, 4) is 0 Å². The van der Waals surface area contributed by atoms with Crippen LogP contribution in [0.2, 0.25) is 0 Å². The number of esters is 1. The third-order valence-corrected chi connectivity index (χ3v) is 2.16. The quantitative estimate of drug-likeness (QED) is 0.650. The monoisotopic (exact) mass is 231 g/mol. The molecule has 0 radical (unpaired) electrons. The molecule has 0 saturated heterocycles. The van der Waals surface area contributed by atoms with Crippen LogP contribution in [0.1, 0.15) is 33.1 Å². The predicted octanol–water partition coefficient (Wildman–Crippen LogP) is 0.559. The number of nitrogens with zero attached hydrogens (tertiary/aromatic N) is 1. The molecule has 0 aromatic carbocycles. The van der Waals surface area contributed by atoms with E-state index < -0.39 is 6.10 Å². The lowest BCUT2D eigenvalue weighted by molar-refractivity contribution is -0.145. The van der Waals surface area contributed by atoms with Gasteiger partial charge in [0, 0.05) is 20.0 Å². The van der Waals surface area contributed by atoms with Crippen LogP contribution in [0.25, 0.3) is 0 Å². The molecule has 0 aromatic heterocycles.